The largest absolute Gasteiger partial charge is 0.462 e. The van der Waals surface area contributed by atoms with Gasteiger partial charge in [0, 0.05) is 11.3 Å². The highest BCUT2D eigenvalue weighted by molar-refractivity contribution is 7.17. The number of nitrogens with one attached hydrogen (secondary N) is 1. The fraction of sp³-hybridized carbons (Fsp3) is 0.667. The molecule has 1 N–H and O–H groups in total. The highest BCUT2D eigenvalue weighted by atomic mass is 32.1. The molecule has 1 heterocycles. The van der Waals surface area contributed by atoms with Gasteiger partial charge in [0.25, 0.3) is 0 Å². The van der Waals surface area contributed by atoms with Crippen molar-refractivity contribution in [2.45, 2.75) is 59.8 Å². The first-order valence-electron chi connectivity index (χ1n) is 8.57. The quantitative estimate of drug-likeness (QED) is 0.782. The first kappa shape index (κ1) is 18.0. The molecule has 0 bridgehead atoms. The predicted octanol–water partition coefficient (Wildman–Crippen LogP) is 4.42. The lowest BCUT2D eigenvalue weighted by Crippen LogP contribution is -2.17. The van der Waals surface area contributed by atoms with Crippen molar-refractivity contribution in [3.05, 3.63) is 16.0 Å². The van der Waals surface area contributed by atoms with E-state index in [1.165, 1.54) is 4.88 Å². The molecule has 2 rings (SSSR count). The van der Waals surface area contributed by atoms with Gasteiger partial charge in [-0.05, 0) is 43.6 Å². The Morgan fingerprint density at radius 3 is 2.70 bits per heavy atom. The molecule has 0 radical (unpaired) electrons. The third kappa shape index (κ3) is 4.34. The van der Waals surface area contributed by atoms with Gasteiger partial charge in [0.05, 0.1) is 12.2 Å². The number of thiophene rings is 1. The number of esters is 1. The monoisotopic (exact) mass is 337 g/mol. The van der Waals surface area contributed by atoms with Gasteiger partial charge in [0.1, 0.15) is 5.00 Å². The van der Waals surface area contributed by atoms with Crippen LogP contribution in [0.25, 0.3) is 0 Å². The normalized spacial score (nSPS) is 17.0. The molecule has 0 unspecified atom stereocenters. The summed E-state index contributed by atoms with van der Waals surface area (Å²) >= 11 is 1.56. The van der Waals surface area contributed by atoms with Crippen LogP contribution < -0.4 is 5.32 Å². The lowest BCUT2D eigenvalue weighted by molar-refractivity contribution is -0.116. The van der Waals surface area contributed by atoms with Crippen molar-refractivity contribution in [1.82, 2.24) is 0 Å². The first-order chi connectivity index (χ1) is 11.0. The minimum absolute atomic E-state index is 0.0313. The Bertz CT molecular complexity index is 577. The predicted molar refractivity (Wildman–Crippen MR) is 94.2 cm³/mol. The summed E-state index contributed by atoms with van der Waals surface area (Å²) in [5.74, 6) is 0.631. The second-order valence-corrected chi connectivity index (χ2v) is 7.70. The number of anilines is 1. The fourth-order valence-electron chi connectivity index (χ4n) is 3.06. The van der Waals surface area contributed by atoms with Gasteiger partial charge in [-0.2, -0.15) is 0 Å². The lowest BCUT2D eigenvalue weighted by Gasteiger charge is -2.20. The summed E-state index contributed by atoms with van der Waals surface area (Å²) in [6, 6.07) is 0. The van der Waals surface area contributed by atoms with Crippen LogP contribution in [0.2, 0.25) is 0 Å². The van der Waals surface area contributed by atoms with Crippen LogP contribution in [0.15, 0.2) is 0 Å². The van der Waals surface area contributed by atoms with Crippen molar-refractivity contribution >= 4 is 28.2 Å². The molecule has 5 heteroatoms. The maximum absolute atomic E-state index is 12.4. The van der Waals surface area contributed by atoms with Crippen molar-refractivity contribution in [2.24, 2.45) is 11.8 Å². The van der Waals surface area contributed by atoms with Gasteiger partial charge in [-0.3, -0.25) is 4.79 Å². The second kappa shape index (κ2) is 7.95. The van der Waals surface area contributed by atoms with Gasteiger partial charge < -0.3 is 10.1 Å². The summed E-state index contributed by atoms with van der Waals surface area (Å²) in [7, 11) is 0. The van der Waals surface area contributed by atoms with Gasteiger partial charge in [-0.25, -0.2) is 4.79 Å². The minimum atomic E-state index is -0.306. The molecule has 1 aromatic rings. The zero-order valence-corrected chi connectivity index (χ0v) is 15.3. The second-order valence-electron chi connectivity index (χ2n) is 6.59. The molecule has 0 aromatic carbocycles. The number of rotatable bonds is 6. The lowest BCUT2D eigenvalue weighted by atomic mass is 9.85. The van der Waals surface area contributed by atoms with Crippen molar-refractivity contribution in [1.29, 1.82) is 0 Å². The molecular formula is C18H27NO3S. The summed E-state index contributed by atoms with van der Waals surface area (Å²) in [6.07, 6.45) is 4.62. The van der Waals surface area contributed by atoms with E-state index in [0.717, 1.165) is 31.2 Å². The van der Waals surface area contributed by atoms with Crippen LogP contribution in [-0.4, -0.2) is 18.5 Å². The van der Waals surface area contributed by atoms with Crippen LogP contribution in [0, 0.1) is 11.8 Å². The van der Waals surface area contributed by atoms with Crippen molar-refractivity contribution in [3.8, 4) is 0 Å². The van der Waals surface area contributed by atoms with Crippen LogP contribution >= 0.6 is 11.3 Å². The van der Waals surface area contributed by atoms with Gasteiger partial charge in [-0.15, -0.1) is 11.3 Å². The Hall–Kier alpha value is -1.36. The Morgan fingerprint density at radius 2 is 2.09 bits per heavy atom. The molecule has 0 aliphatic heterocycles. The number of ether oxygens (including phenoxy) is 1. The Morgan fingerprint density at radius 1 is 1.35 bits per heavy atom. The number of carbonyl (C=O) groups is 2. The number of fused-ring (bicyclic) bond motifs is 1. The van der Waals surface area contributed by atoms with E-state index in [0.29, 0.717) is 35.4 Å². The SMILES string of the molecule is CCOC(=O)c1c(NC(=O)CC(C)C)sc2c1CC[C@@H](CC)C2. The summed E-state index contributed by atoms with van der Waals surface area (Å²) < 4.78 is 5.23. The van der Waals surface area contributed by atoms with Gasteiger partial charge >= 0.3 is 5.97 Å². The summed E-state index contributed by atoms with van der Waals surface area (Å²) in [5, 5.41) is 3.63. The molecule has 128 valence electrons. The van der Waals surface area contributed by atoms with E-state index in [1.807, 2.05) is 13.8 Å². The maximum Gasteiger partial charge on any atom is 0.341 e. The van der Waals surface area contributed by atoms with Crippen LogP contribution in [0.4, 0.5) is 5.00 Å². The van der Waals surface area contributed by atoms with E-state index in [4.69, 9.17) is 4.74 Å². The average Bonchev–Trinajstić information content (AvgIpc) is 2.82. The molecule has 1 atom stereocenters. The van der Waals surface area contributed by atoms with Gasteiger partial charge in [-0.1, -0.05) is 27.2 Å². The standard InChI is InChI=1S/C18H27NO3S/c1-5-12-7-8-13-14(10-12)23-17(16(13)18(21)22-6-2)19-15(20)9-11(3)4/h11-12H,5-10H2,1-4H3,(H,19,20)/t12-/m1/s1. The Balaban J connectivity index is 2.30. The topological polar surface area (TPSA) is 55.4 Å². The third-order valence-electron chi connectivity index (χ3n) is 4.27. The summed E-state index contributed by atoms with van der Waals surface area (Å²) in [6.45, 7) is 8.39. The smallest absolute Gasteiger partial charge is 0.341 e. The Kier molecular flexibility index (Phi) is 6.22. The number of carbonyl (C=O) groups excluding carboxylic acids is 2. The number of hydrogen-bond acceptors (Lipinski definition) is 4. The van der Waals surface area contributed by atoms with E-state index in [2.05, 4.69) is 12.2 Å². The molecular weight excluding hydrogens is 310 g/mol. The number of amides is 1. The molecule has 1 aliphatic carbocycles. The molecule has 0 fully saturated rings. The minimum Gasteiger partial charge on any atom is -0.462 e. The van der Waals surface area contributed by atoms with Crippen molar-refractivity contribution in [3.63, 3.8) is 0 Å². The van der Waals surface area contributed by atoms with Gasteiger partial charge in [0.2, 0.25) is 5.91 Å². The summed E-state index contributed by atoms with van der Waals surface area (Å²) in [5.41, 5.74) is 1.69. The zero-order chi connectivity index (χ0) is 17.0. The molecule has 1 aromatic heterocycles. The van der Waals surface area contributed by atoms with Gasteiger partial charge in [0.15, 0.2) is 0 Å². The first-order valence-corrected chi connectivity index (χ1v) is 9.39. The van der Waals surface area contributed by atoms with E-state index in [9.17, 15) is 9.59 Å². The van der Waals surface area contributed by atoms with Crippen molar-refractivity contribution in [2.75, 3.05) is 11.9 Å². The van der Waals surface area contributed by atoms with Crippen molar-refractivity contribution < 1.29 is 14.3 Å². The average molecular weight is 337 g/mol. The zero-order valence-electron chi connectivity index (χ0n) is 14.5. The summed E-state index contributed by atoms with van der Waals surface area (Å²) in [4.78, 5) is 25.8. The maximum atomic E-state index is 12.4. The Labute approximate surface area is 142 Å². The van der Waals surface area contributed by atoms with E-state index in [1.54, 1.807) is 18.3 Å². The molecule has 0 saturated carbocycles. The molecule has 1 amide bonds. The molecule has 1 aliphatic rings. The van der Waals surface area contributed by atoms with E-state index >= 15 is 0 Å². The van der Waals surface area contributed by atoms with Crippen LogP contribution in [-0.2, 0) is 22.4 Å². The highest BCUT2D eigenvalue weighted by Crippen LogP contribution is 2.40. The molecule has 0 saturated heterocycles. The third-order valence-corrected chi connectivity index (χ3v) is 5.44. The number of hydrogen-bond donors (Lipinski definition) is 1. The molecule has 23 heavy (non-hydrogen) atoms. The highest BCUT2D eigenvalue weighted by Gasteiger charge is 2.29. The van der Waals surface area contributed by atoms with Crippen LogP contribution in [0.3, 0.4) is 0 Å². The molecule has 0 spiro atoms. The van der Waals surface area contributed by atoms with Crippen LogP contribution in [0.5, 0.6) is 0 Å². The molecule has 4 nitrogen and oxygen atoms in total. The fourth-order valence-corrected chi connectivity index (χ4v) is 4.42. The van der Waals surface area contributed by atoms with Crippen LogP contribution in [0.1, 0.15) is 67.8 Å². The van der Waals surface area contributed by atoms with E-state index in [-0.39, 0.29) is 11.9 Å². The van der Waals surface area contributed by atoms with E-state index < -0.39 is 0 Å².